The van der Waals surface area contributed by atoms with Crippen LogP contribution in [-0.4, -0.2) is 62.8 Å². The summed E-state index contributed by atoms with van der Waals surface area (Å²) in [4.78, 5) is 16.5. The van der Waals surface area contributed by atoms with Crippen molar-refractivity contribution in [1.82, 2.24) is 15.1 Å². The second-order valence-electron chi connectivity index (χ2n) is 7.21. The molecular weight excluding hydrogens is 330 g/mol. The van der Waals surface area contributed by atoms with Gasteiger partial charge in [-0.15, -0.1) is 0 Å². The topological polar surface area (TPSA) is 54.0 Å². The van der Waals surface area contributed by atoms with Gasteiger partial charge in [0.2, 0.25) is 0 Å². The van der Waals surface area contributed by atoms with Gasteiger partial charge in [0.25, 0.3) is 0 Å². The molecule has 1 saturated heterocycles. The van der Waals surface area contributed by atoms with Crippen molar-refractivity contribution in [3.05, 3.63) is 23.8 Å². The number of amides is 2. The van der Waals surface area contributed by atoms with Gasteiger partial charge in [-0.3, -0.25) is 4.90 Å². The third-order valence-corrected chi connectivity index (χ3v) is 4.78. The molecule has 1 heterocycles. The van der Waals surface area contributed by atoms with Crippen molar-refractivity contribution in [2.24, 2.45) is 5.92 Å². The van der Waals surface area contributed by atoms with Crippen LogP contribution in [0.1, 0.15) is 32.3 Å². The molecule has 1 N–H and O–H groups in total. The van der Waals surface area contributed by atoms with E-state index < -0.39 is 0 Å². The Morgan fingerprint density at radius 1 is 1.15 bits per heavy atom. The number of rotatable bonds is 8. The molecule has 2 amide bonds. The van der Waals surface area contributed by atoms with E-state index in [0.29, 0.717) is 5.92 Å². The highest BCUT2D eigenvalue weighted by molar-refractivity contribution is 5.74. The SMILES string of the molecule is COc1ccc(OC)c(CN2CCN(C(=O)NCCCC(C)C)CC2)c1. The first-order chi connectivity index (χ1) is 12.5. The van der Waals surface area contributed by atoms with E-state index in [2.05, 4.69) is 24.1 Å². The van der Waals surface area contributed by atoms with Crippen LogP contribution in [0.2, 0.25) is 0 Å². The minimum absolute atomic E-state index is 0.0624. The highest BCUT2D eigenvalue weighted by Gasteiger charge is 2.21. The summed E-state index contributed by atoms with van der Waals surface area (Å²) in [7, 11) is 3.36. The van der Waals surface area contributed by atoms with Crippen LogP contribution in [0.4, 0.5) is 4.79 Å². The van der Waals surface area contributed by atoms with E-state index in [1.165, 1.54) is 0 Å². The van der Waals surface area contributed by atoms with Crippen LogP contribution in [0.3, 0.4) is 0 Å². The number of carbonyl (C=O) groups excluding carboxylic acids is 1. The van der Waals surface area contributed by atoms with Crippen molar-refractivity contribution in [2.75, 3.05) is 46.9 Å². The average Bonchev–Trinajstić information content (AvgIpc) is 2.65. The van der Waals surface area contributed by atoms with Gasteiger partial charge in [-0.05, 0) is 37.0 Å². The molecule has 1 aliphatic rings. The quantitative estimate of drug-likeness (QED) is 0.722. The van der Waals surface area contributed by atoms with E-state index in [1.54, 1.807) is 14.2 Å². The number of methoxy groups -OCH3 is 2. The van der Waals surface area contributed by atoms with Gasteiger partial charge in [-0.2, -0.15) is 0 Å². The first-order valence-corrected chi connectivity index (χ1v) is 9.49. The third-order valence-electron chi connectivity index (χ3n) is 4.78. The van der Waals surface area contributed by atoms with Crippen molar-refractivity contribution in [2.45, 2.75) is 33.2 Å². The first kappa shape index (κ1) is 20.4. The molecule has 6 nitrogen and oxygen atoms in total. The van der Waals surface area contributed by atoms with Gasteiger partial charge in [0.1, 0.15) is 11.5 Å². The second-order valence-corrected chi connectivity index (χ2v) is 7.21. The number of nitrogens with one attached hydrogen (secondary N) is 1. The summed E-state index contributed by atoms with van der Waals surface area (Å²) in [6, 6.07) is 5.93. The van der Waals surface area contributed by atoms with Gasteiger partial charge >= 0.3 is 6.03 Å². The zero-order valence-corrected chi connectivity index (χ0v) is 16.6. The number of ether oxygens (including phenoxy) is 2. The molecule has 0 radical (unpaired) electrons. The molecule has 0 atom stereocenters. The van der Waals surface area contributed by atoms with E-state index in [-0.39, 0.29) is 6.03 Å². The van der Waals surface area contributed by atoms with E-state index in [9.17, 15) is 4.79 Å². The summed E-state index contributed by atoms with van der Waals surface area (Å²) >= 11 is 0. The van der Waals surface area contributed by atoms with Crippen LogP contribution >= 0.6 is 0 Å². The van der Waals surface area contributed by atoms with E-state index in [1.807, 2.05) is 23.1 Å². The smallest absolute Gasteiger partial charge is 0.317 e. The molecule has 26 heavy (non-hydrogen) atoms. The first-order valence-electron chi connectivity index (χ1n) is 9.49. The van der Waals surface area contributed by atoms with E-state index in [4.69, 9.17) is 9.47 Å². The van der Waals surface area contributed by atoms with Crippen LogP contribution in [0.5, 0.6) is 11.5 Å². The predicted octanol–water partition coefficient (Wildman–Crippen LogP) is 2.97. The van der Waals surface area contributed by atoms with Gasteiger partial charge in [0.15, 0.2) is 0 Å². The van der Waals surface area contributed by atoms with Gasteiger partial charge < -0.3 is 19.7 Å². The molecule has 0 spiro atoms. The Kier molecular flexibility index (Phi) is 8.04. The summed E-state index contributed by atoms with van der Waals surface area (Å²) in [5.74, 6) is 2.39. The lowest BCUT2D eigenvalue weighted by atomic mass is 10.1. The Bertz CT molecular complexity index is 569. The highest BCUT2D eigenvalue weighted by Crippen LogP contribution is 2.25. The Labute approximate surface area is 157 Å². The fourth-order valence-electron chi connectivity index (χ4n) is 3.17. The second kappa shape index (κ2) is 10.3. The molecule has 1 fully saturated rings. The number of piperazine rings is 1. The monoisotopic (exact) mass is 363 g/mol. The summed E-state index contributed by atoms with van der Waals surface area (Å²) < 4.78 is 10.8. The molecule has 2 rings (SSSR count). The number of nitrogens with zero attached hydrogens (tertiary/aromatic N) is 2. The lowest BCUT2D eigenvalue weighted by Gasteiger charge is -2.35. The normalized spacial score (nSPS) is 15.2. The maximum absolute atomic E-state index is 12.3. The number of urea groups is 1. The summed E-state index contributed by atoms with van der Waals surface area (Å²) in [5, 5.41) is 3.04. The molecule has 1 aromatic rings. The highest BCUT2D eigenvalue weighted by atomic mass is 16.5. The standard InChI is InChI=1S/C20H33N3O3/c1-16(2)6-5-9-21-20(24)23-12-10-22(11-13-23)15-17-14-18(25-3)7-8-19(17)26-4/h7-8,14,16H,5-6,9-13,15H2,1-4H3,(H,21,24). The van der Waals surface area contributed by atoms with Crippen molar-refractivity contribution in [3.8, 4) is 11.5 Å². The fraction of sp³-hybridized carbons (Fsp3) is 0.650. The van der Waals surface area contributed by atoms with Crippen molar-refractivity contribution in [1.29, 1.82) is 0 Å². The van der Waals surface area contributed by atoms with Crippen LogP contribution in [0, 0.1) is 5.92 Å². The molecule has 6 heteroatoms. The summed E-state index contributed by atoms with van der Waals surface area (Å²) in [6.07, 6.45) is 2.19. The molecule has 0 bridgehead atoms. The van der Waals surface area contributed by atoms with Crippen molar-refractivity contribution in [3.63, 3.8) is 0 Å². The maximum atomic E-state index is 12.3. The lowest BCUT2D eigenvalue weighted by molar-refractivity contribution is 0.134. The van der Waals surface area contributed by atoms with Crippen LogP contribution in [0.25, 0.3) is 0 Å². The minimum atomic E-state index is 0.0624. The Hall–Kier alpha value is -1.95. The molecule has 146 valence electrons. The molecule has 0 saturated carbocycles. The van der Waals surface area contributed by atoms with Crippen molar-refractivity contribution < 1.29 is 14.3 Å². The summed E-state index contributed by atoms with van der Waals surface area (Å²) in [5.41, 5.74) is 1.11. The third kappa shape index (κ3) is 6.09. The minimum Gasteiger partial charge on any atom is -0.497 e. The Morgan fingerprint density at radius 2 is 1.88 bits per heavy atom. The number of hydrogen-bond donors (Lipinski definition) is 1. The zero-order chi connectivity index (χ0) is 18.9. The molecular formula is C20H33N3O3. The van der Waals surface area contributed by atoms with E-state index >= 15 is 0 Å². The van der Waals surface area contributed by atoms with Gasteiger partial charge in [0, 0.05) is 44.8 Å². The number of hydrogen-bond acceptors (Lipinski definition) is 4. The van der Waals surface area contributed by atoms with Crippen LogP contribution in [0.15, 0.2) is 18.2 Å². The summed E-state index contributed by atoms with van der Waals surface area (Å²) in [6.45, 7) is 9.20. The molecule has 1 aromatic carbocycles. The average molecular weight is 364 g/mol. The molecule has 0 unspecified atom stereocenters. The fourth-order valence-corrected chi connectivity index (χ4v) is 3.17. The number of carbonyl (C=O) groups is 1. The molecule has 1 aliphatic heterocycles. The molecule has 0 aliphatic carbocycles. The predicted molar refractivity (Wildman–Crippen MR) is 104 cm³/mol. The van der Waals surface area contributed by atoms with Crippen molar-refractivity contribution >= 4 is 6.03 Å². The Balaban J connectivity index is 1.79. The largest absolute Gasteiger partial charge is 0.497 e. The van der Waals surface area contributed by atoms with Gasteiger partial charge in [0.05, 0.1) is 14.2 Å². The lowest BCUT2D eigenvalue weighted by Crippen LogP contribution is -2.51. The number of benzene rings is 1. The zero-order valence-electron chi connectivity index (χ0n) is 16.6. The van der Waals surface area contributed by atoms with Gasteiger partial charge in [-0.1, -0.05) is 13.8 Å². The maximum Gasteiger partial charge on any atom is 0.317 e. The molecule has 0 aromatic heterocycles. The van der Waals surface area contributed by atoms with E-state index in [0.717, 1.165) is 69.2 Å². The Morgan fingerprint density at radius 3 is 2.50 bits per heavy atom. The van der Waals surface area contributed by atoms with Gasteiger partial charge in [-0.25, -0.2) is 4.79 Å². The van der Waals surface area contributed by atoms with Crippen LogP contribution < -0.4 is 14.8 Å². The van der Waals surface area contributed by atoms with Crippen LogP contribution in [-0.2, 0) is 6.54 Å².